The van der Waals surface area contributed by atoms with Crippen LogP contribution >= 0.6 is 0 Å². The molecule has 3 aromatic rings. The average molecular weight is 385 g/mol. The Labute approximate surface area is 187 Å². The number of aromatic nitrogens is 3. The summed E-state index contributed by atoms with van der Waals surface area (Å²) in [4.78, 5) is 0. The molecule has 150 valence electrons. The predicted molar refractivity (Wildman–Crippen MR) is 115 cm³/mol. The van der Waals surface area contributed by atoms with E-state index in [0.29, 0.717) is 0 Å². The Hall–Kier alpha value is -1.89. The van der Waals surface area contributed by atoms with Gasteiger partial charge in [-0.25, -0.2) is 0 Å². The van der Waals surface area contributed by atoms with Crippen molar-refractivity contribution in [3.05, 3.63) is 60.8 Å². The molecule has 0 unspecified atom stereocenters. The Morgan fingerprint density at radius 3 is 2.14 bits per heavy atom. The Balaban J connectivity index is 0.00000300. The minimum Gasteiger partial charge on any atom is -0.531 e. The summed E-state index contributed by atoms with van der Waals surface area (Å²) >= 11 is 0. The van der Waals surface area contributed by atoms with Crippen LogP contribution in [0.3, 0.4) is 0 Å². The third-order valence-electron chi connectivity index (χ3n) is 5.06. The summed E-state index contributed by atoms with van der Waals surface area (Å²) in [5, 5.41) is 8.64. The maximum atomic E-state index is 6.22. The average Bonchev–Trinajstić information content (AvgIpc) is 3.16. The number of para-hydroxylation sites is 2. The van der Waals surface area contributed by atoms with Gasteiger partial charge in [0.05, 0.1) is 0 Å². The smallest absolute Gasteiger partial charge is 0.531 e. The van der Waals surface area contributed by atoms with Crippen molar-refractivity contribution in [1.29, 1.82) is 0 Å². The van der Waals surface area contributed by atoms with Crippen molar-refractivity contribution in [2.24, 2.45) is 0 Å². The molecule has 1 aromatic heterocycles. The summed E-state index contributed by atoms with van der Waals surface area (Å²) in [5.74, 6) is 0.841. The van der Waals surface area contributed by atoms with Crippen molar-refractivity contribution in [2.75, 3.05) is 0 Å². The minimum absolute atomic E-state index is 0. The van der Waals surface area contributed by atoms with E-state index in [-0.39, 0.29) is 18.9 Å². The maximum Gasteiger partial charge on any atom is 1.00 e. The number of ether oxygens (including phenoxy) is 1. The van der Waals surface area contributed by atoms with Crippen LogP contribution in [-0.2, 0) is 0 Å². The Bertz CT molecular complexity index is 806. The molecule has 29 heavy (non-hydrogen) atoms. The van der Waals surface area contributed by atoms with Gasteiger partial charge in [0.25, 0.3) is 0 Å². The van der Waals surface area contributed by atoms with E-state index in [1.807, 2.05) is 59.3 Å². The summed E-state index contributed by atoms with van der Waals surface area (Å²) in [6.45, 7) is 2.27. The van der Waals surface area contributed by atoms with Crippen molar-refractivity contribution in [3.8, 4) is 5.75 Å². The van der Waals surface area contributed by atoms with E-state index in [9.17, 15) is 0 Å². The Kier molecular flexibility index (Phi) is 10.8. The number of hydrogen-bond acceptors (Lipinski definition) is 3. The van der Waals surface area contributed by atoms with Crippen LogP contribution in [0.15, 0.2) is 54.6 Å². The molecule has 0 aliphatic rings. The van der Waals surface area contributed by atoms with Gasteiger partial charge < -0.3 is 9.42 Å². The monoisotopic (exact) mass is 385 g/mol. The molecule has 5 heteroatoms. The van der Waals surface area contributed by atoms with Crippen molar-refractivity contribution >= 4 is 11.0 Å². The second-order valence-electron chi connectivity index (χ2n) is 7.38. The van der Waals surface area contributed by atoms with Gasteiger partial charge in [0, 0.05) is 11.7 Å². The number of benzene rings is 2. The molecule has 0 saturated heterocycles. The van der Waals surface area contributed by atoms with Crippen molar-refractivity contribution < 1.29 is 23.6 Å². The summed E-state index contributed by atoms with van der Waals surface area (Å²) in [5.41, 5.74) is 1.88. The molecule has 4 nitrogen and oxygen atoms in total. The first kappa shape index (κ1) is 23.4. The van der Waals surface area contributed by atoms with Crippen LogP contribution in [0.2, 0.25) is 0 Å². The van der Waals surface area contributed by atoms with Gasteiger partial charge in [0.1, 0.15) is 5.75 Å². The predicted octanol–water partition coefficient (Wildman–Crippen LogP) is 3.77. The van der Waals surface area contributed by atoms with E-state index in [1.54, 1.807) is 0 Å². The fourth-order valence-corrected chi connectivity index (χ4v) is 3.46. The largest absolute Gasteiger partial charge is 1.00 e. The number of unbranched alkanes of at least 4 members (excludes halogenated alkanes) is 8. The van der Waals surface area contributed by atoms with E-state index >= 15 is 0 Å². The first-order chi connectivity index (χ1) is 13.9. The normalized spacial score (nSPS) is 10.7. The molecule has 3 rings (SSSR count). The van der Waals surface area contributed by atoms with Crippen LogP contribution in [0.25, 0.3) is 11.0 Å². The maximum absolute atomic E-state index is 6.22. The molecule has 0 aliphatic heterocycles. The molecule has 0 saturated carbocycles. The van der Waals surface area contributed by atoms with Gasteiger partial charge in [0.15, 0.2) is 0 Å². The van der Waals surface area contributed by atoms with E-state index < -0.39 is 0 Å². The molecule has 0 radical (unpaired) electrons. The molecular weight excluding hydrogens is 353 g/mol. The van der Waals surface area contributed by atoms with Crippen LogP contribution in [0.5, 0.6) is 5.75 Å². The fourth-order valence-electron chi connectivity index (χ4n) is 3.46. The van der Waals surface area contributed by atoms with Gasteiger partial charge >= 0.3 is 18.9 Å². The first-order valence-electron chi connectivity index (χ1n) is 10.8. The van der Waals surface area contributed by atoms with Gasteiger partial charge in [-0.2, -0.15) is 5.10 Å². The van der Waals surface area contributed by atoms with E-state index in [2.05, 4.69) is 17.2 Å². The molecule has 0 N–H and O–H groups in total. The second-order valence-corrected chi connectivity index (χ2v) is 7.38. The first-order valence-corrected chi connectivity index (χ1v) is 10.8. The summed E-state index contributed by atoms with van der Waals surface area (Å²) in [6.07, 6.45) is 13.5. The molecule has 0 amide bonds. The summed E-state index contributed by atoms with van der Waals surface area (Å²) < 4.78 is 8.07. The van der Waals surface area contributed by atoms with E-state index in [0.717, 1.165) is 35.9 Å². The van der Waals surface area contributed by atoms with Crippen LogP contribution < -0.4 is 23.6 Å². The Morgan fingerprint density at radius 1 is 0.793 bits per heavy atom. The quantitative estimate of drug-likeness (QED) is 0.255. The Morgan fingerprint density at radius 2 is 1.41 bits per heavy atom. The topological polar surface area (TPSA) is 39.9 Å². The third-order valence-corrected chi connectivity index (χ3v) is 5.06. The minimum atomic E-state index is 0. The SMILES string of the molecule is CCCCCCCCCCC[C-](Oc1ccccc1)n1nnc2ccccc21.[Li+]. The van der Waals surface area contributed by atoms with Crippen molar-refractivity contribution in [1.82, 2.24) is 15.0 Å². The van der Waals surface area contributed by atoms with Crippen molar-refractivity contribution in [3.63, 3.8) is 0 Å². The summed E-state index contributed by atoms with van der Waals surface area (Å²) in [6, 6.07) is 18.0. The zero-order valence-corrected chi connectivity index (χ0v) is 18.0. The van der Waals surface area contributed by atoms with Crippen LogP contribution in [0.1, 0.15) is 71.1 Å². The zero-order valence-electron chi connectivity index (χ0n) is 18.0. The zero-order chi connectivity index (χ0) is 19.4. The molecule has 2 aromatic carbocycles. The fraction of sp³-hybridized carbons (Fsp3) is 0.458. The molecule has 1 heterocycles. The van der Waals surface area contributed by atoms with Gasteiger partial charge in [-0.3, -0.25) is 0 Å². The van der Waals surface area contributed by atoms with E-state index in [4.69, 9.17) is 4.74 Å². The molecular formula is C24H32LiN3O. The van der Waals surface area contributed by atoms with Crippen molar-refractivity contribution in [2.45, 2.75) is 71.1 Å². The molecule has 0 fully saturated rings. The summed E-state index contributed by atoms with van der Waals surface area (Å²) in [7, 11) is 0. The van der Waals surface area contributed by atoms with Gasteiger partial charge in [-0.1, -0.05) is 112 Å². The van der Waals surface area contributed by atoms with E-state index in [1.165, 1.54) is 51.4 Å². The van der Waals surface area contributed by atoms with Crippen LogP contribution in [0, 0.1) is 6.23 Å². The number of rotatable bonds is 13. The second kappa shape index (κ2) is 13.4. The molecule has 0 bridgehead atoms. The van der Waals surface area contributed by atoms with Crippen LogP contribution in [-0.4, -0.2) is 15.0 Å². The molecule has 0 atom stereocenters. The number of hydrogen-bond donors (Lipinski definition) is 0. The number of fused-ring (bicyclic) bond motifs is 1. The molecule has 0 aliphatic carbocycles. The van der Waals surface area contributed by atoms with Gasteiger partial charge in [-0.05, 0) is 18.6 Å². The van der Waals surface area contributed by atoms with Gasteiger partial charge in [0.2, 0.25) is 0 Å². The number of nitrogens with zero attached hydrogens (tertiary/aromatic N) is 3. The standard InChI is InChI=1S/C24H32N3O.Li/c1-2-3-4-5-6-7-8-9-13-20-24(28-21-16-11-10-12-17-21)27-23-19-15-14-18-22(23)25-26-27;/h10-12,14-19H,2-9,13,20H2,1H3;/q-1;+1. The molecule has 0 spiro atoms. The third kappa shape index (κ3) is 7.46. The van der Waals surface area contributed by atoms with Gasteiger partial charge in [-0.15, -0.1) is 6.07 Å². The van der Waals surface area contributed by atoms with Crippen LogP contribution in [0.4, 0.5) is 0 Å².